The van der Waals surface area contributed by atoms with Gasteiger partial charge in [0.25, 0.3) is 0 Å². The van der Waals surface area contributed by atoms with Crippen molar-refractivity contribution in [1.29, 1.82) is 0 Å². The Morgan fingerprint density at radius 1 is 1.29 bits per heavy atom. The van der Waals surface area contributed by atoms with Gasteiger partial charge in [0.2, 0.25) is 0 Å². The predicted octanol–water partition coefficient (Wildman–Crippen LogP) is 3.81. The first-order valence-corrected chi connectivity index (χ1v) is 6.25. The molecule has 0 aromatic heterocycles. The van der Waals surface area contributed by atoms with Crippen molar-refractivity contribution >= 4 is 0 Å². The van der Waals surface area contributed by atoms with Gasteiger partial charge in [-0.3, -0.25) is 0 Å². The van der Waals surface area contributed by atoms with Crippen LogP contribution in [0.2, 0.25) is 0 Å². The Bertz CT molecular complexity index is 379. The van der Waals surface area contributed by atoms with E-state index in [1.54, 1.807) is 0 Å². The van der Waals surface area contributed by atoms with Crippen molar-refractivity contribution in [3.8, 4) is 0 Å². The molecule has 1 aromatic carbocycles. The first-order valence-electron chi connectivity index (χ1n) is 6.25. The summed E-state index contributed by atoms with van der Waals surface area (Å²) in [7, 11) is 0. The minimum Gasteiger partial charge on any atom is -0.309 e. The summed E-state index contributed by atoms with van der Waals surface area (Å²) in [5, 5.41) is 3.25. The third-order valence-corrected chi connectivity index (χ3v) is 3.92. The predicted molar refractivity (Wildman–Crippen MR) is 64.7 cm³/mol. The van der Waals surface area contributed by atoms with Crippen LogP contribution in [0.25, 0.3) is 0 Å². The molecule has 0 saturated heterocycles. The lowest BCUT2D eigenvalue weighted by Gasteiger charge is -2.20. The summed E-state index contributed by atoms with van der Waals surface area (Å²) in [5.41, 5.74) is 0.537. The van der Waals surface area contributed by atoms with E-state index in [9.17, 15) is 8.78 Å². The maximum Gasteiger partial charge on any atom is 0.130 e. The van der Waals surface area contributed by atoms with E-state index < -0.39 is 11.6 Å². The van der Waals surface area contributed by atoms with Crippen LogP contribution in [0, 0.1) is 17.0 Å². The Kier molecular flexibility index (Phi) is 3.48. The highest BCUT2D eigenvalue weighted by Crippen LogP contribution is 2.48. The summed E-state index contributed by atoms with van der Waals surface area (Å²) < 4.78 is 27.1. The van der Waals surface area contributed by atoms with Crippen molar-refractivity contribution in [2.75, 3.05) is 6.54 Å². The molecule has 0 spiro atoms. The molecule has 94 valence electrons. The third kappa shape index (κ3) is 2.65. The maximum absolute atomic E-state index is 13.5. The fraction of sp³-hybridized carbons (Fsp3) is 0.571. The van der Waals surface area contributed by atoms with E-state index in [1.165, 1.54) is 31.0 Å². The van der Waals surface area contributed by atoms with Gasteiger partial charge in [-0.05, 0) is 43.7 Å². The monoisotopic (exact) mass is 239 g/mol. The molecule has 0 bridgehead atoms. The Balaban J connectivity index is 2.02. The molecular weight excluding hydrogens is 220 g/mol. The van der Waals surface area contributed by atoms with Crippen LogP contribution >= 0.6 is 0 Å². The summed E-state index contributed by atoms with van der Waals surface area (Å²) in [4.78, 5) is 0. The Morgan fingerprint density at radius 2 is 1.88 bits per heavy atom. The molecule has 1 fully saturated rings. The number of nitrogens with one attached hydrogen (secondary N) is 1. The van der Waals surface area contributed by atoms with Crippen molar-refractivity contribution in [1.82, 2.24) is 5.32 Å². The lowest BCUT2D eigenvalue weighted by Crippen LogP contribution is -2.27. The highest BCUT2D eigenvalue weighted by Gasteiger charge is 2.40. The van der Waals surface area contributed by atoms with Crippen molar-refractivity contribution < 1.29 is 8.78 Å². The zero-order valence-electron chi connectivity index (χ0n) is 10.4. The maximum atomic E-state index is 13.5. The van der Waals surface area contributed by atoms with E-state index in [-0.39, 0.29) is 11.6 Å². The van der Waals surface area contributed by atoms with Crippen LogP contribution in [0.3, 0.4) is 0 Å². The van der Waals surface area contributed by atoms with Crippen molar-refractivity contribution in [3.63, 3.8) is 0 Å². The number of rotatable bonds is 5. The Hall–Kier alpha value is -0.960. The number of halogens is 2. The lowest BCUT2D eigenvalue weighted by atomic mass is 10.0. The molecular formula is C14H19F2N. The average Bonchev–Trinajstić information content (AvgIpc) is 3.07. The third-order valence-electron chi connectivity index (χ3n) is 3.92. The summed E-state index contributed by atoms with van der Waals surface area (Å²) in [6.45, 7) is 4.83. The molecule has 1 unspecified atom stereocenters. The fourth-order valence-corrected chi connectivity index (χ4v) is 2.23. The zero-order valence-corrected chi connectivity index (χ0v) is 10.4. The van der Waals surface area contributed by atoms with Gasteiger partial charge in [-0.25, -0.2) is 8.78 Å². The van der Waals surface area contributed by atoms with Gasteiger partial charge in [0.1, 0.15) is 11.6 Å². The van der Waals surface area contributed by atoms with E-state index in [0.717, 1.165) is 13.0 Å². The molecule has 2 rings (SSSR count). The Morgan fingerprint density at radius 3 is 2.35 bits per heavy atom. The molecule has 0 heterocycles. The van der Waals surface area contributed by atoms with E-state index in [2.05, 4.69) is 12.2 Å². The van der Waals surface area contributed by atoms with Gasteiger partial charge in [-0.2, -0.15) is 0 Å². The summed E-state index contributed by atoms with van der Waals surface area (Å²) in [6.07, 6.45) is 3.58. The highest BCUT2D eigenvalue weighted by molar-refractivity contribution is 5.22. The zero-order chi connectivity index (χ0) is 12.5. The number of hydrogen-bond acceptors (Lipinski definition) is 1. The van der Waals surface area contributed by atoms with Crippen LogP contribution in [-0.4, -0.2) is 6.54 Å². The van der Waals surface area contributed by atoms with Crippen LogP contribution < -0.4 is 5.32 Å². The molecule has 1 aliphatic carbocycles. The second-order valence-corrected chi connectivity index (χ2v) is 5.09. The van der Waals surface area contributed by atoms with Crippen molar-refractivity contribution in [2.45, 2.75) is 39.2 Å². The van der Waals surface area contributed by atoms with E-state index >= 15 is 0 Å². The average molecular weight is 239 g/mol. The first kappa shape index (κ1) is 12.5. The highest BCUT2D eigenvalue weighted by atomic mass is 19.1. The normalized spacial score (nSPS) is 19.1. The number of benzene rings is 1. The summed E-state index contributed by atoms with van der Waals surface area (Å²) >= 11 is 0. The van der Waals surface area contributed by atoms with E-state index in [0.29, 0.717) is 5.41 Å². The molecule has 1 N–H and O–H groups in total. The molecule has 1 saturated carbocycles. The summed E-state index contributed by atoms with van der Waals surface area (Å²) in [5.74, 6) is -0.933. The first-order chi connectivity index (χ1) is 8.08. The lowest BCUT2D eigenvalue weighted by molar-refractivity contribution is 0.401. The SMILES string of the molecule is CCC1(CNC(C)c2c(F)cccc2F)CC1. The largest absolute Gasteiger partial charge is 0.309 e. The van der Waals surface area contributed by atoms with Crippen LogP contribution in [0.4, 0.5) is 8.78 Å². The van der Waals surface area contributed by atoms with E-state index in [1.807, 2.05) is 6.92 Å². The minimum atomic E-state index is -0.466. The van der Waals surface area contributed by atoms with Crippen LogP contribution in [-0.2, 0) is 0 Å². The topological polar surface area (TPSA) is 12.0 Å². The van der Waals surface area contributed by atoms with Gasteiger partial charge in [0, 0.05) is 18.2 Å². The summed E-state index contributed by atoms with van der Waals surface area (Å²) in [6, 6.07) is 3.74. The van der Waals surface area contributed by atoms with Gasteiger partial charge in [-0.15, -0.1) is 0 Å². The van der Waals surface area contributed by atoms with Gasteiger partial charge in [-0.1, -0.05) is 13.0 Å². The van der Waals surface area contributed by atoms with Crippen LogP contribution in [0.5, 0.6) is 0 Å². The molecule has 1 aliphatic rings. The minimum absolute atomic E-state index is 0.152. The van der Waals surface area contributed by atoms with Crippen LogP contribution in [0.15, 0.2) is 18.2 Å². The van der Waals surface area contributed by atoms with E-state index in [4.69, 9.17) is 0 Å². The van der Waals surface area contributed by atoms with Gasteiger partial charge >= 0.3 is 0 Å². The molecule has 1 aromatic rings. The quantitative estimate of drug-likeness (QED) is 0.824. The second kappa shape index (κ2) is 4.73. The molecule has 1 nitrogen and oxygen atoms in total. The second-order valence-electron chi connectivity index (χ2n) is 5.09. The van der Waals surface area contributed by atoms with Crippen LogP contribution in [0.1, 0.15) is 44.7 Å². The molecule has 3 heteroatoms. The van der Waals surface area contributed by atoms with Gasteiger partial charge < -0.3 is 5.32 Å². The van der Waals surface area contributed by atoms with Crippen molar-refractivity contribution in [3.05, 3.63) is 35.4 Å². The van der Waals surface area contributed by atoms with Gasteiger partial charge in [0.15, 0.2) is 0 Å². The molecule has 0 aliphatic heterocycles. The van der Waals surface area contributed by atoms with Gasteiger partial charge in [0.05, 0.1) is 0 Å². The molecule has 0 amide bonds. The molecule has 1 atom stereocenters. The fourth-order valence-electron chi connectivity index (χ4n) is 2.23. The Labute approximate surface area is 101 Å². The number of hydrogen-bond donors (Lipinski definition) is 1. The molecule has 0 radical (unpaired) electrons. The smallest absolute Gasteiger partial charge is 0.130 e. The molecule has 17 heavy (non-hydrogen) atoms. The standard InChI is InChI=1S/C14H19F2N/c1-3-14(7-8-14)9-17-10(2)13-11(15)5-4-6-12(13)16/h4-6,10,17H,3,7-9H2,1-2H3. The van der Waals surface area contributed by atoms with Crippen molar-refractivity contribution in [2.24, 2.45) is 5.41 Å².